The summed E-state index contributed by atoms with van der Waals surface area (Å²) < 4.78 is 1.65. The third-order valence-electron chi connectivity index (χ3n) is 6.80. The number of anilines is 2. The van der Waals surface area contributed by atoms with Crippen LogP contribution in [0.4, 0.5) is 11.4 Å². The predicted molar refractivity (Wildman–Crippen MR) is 132 cm³/mol. The van der Waals surface area contributed by atoms with Gasteiger partial charge in [0.15, 0.2) is 0 Å². The standard InChI is InChI=1S/C25H30ClN5O4/c1-14-12-15(2)31(29-14)16(3)23(33)28-21-9-8-17(13-20(21)26)27-22(32)10-11-30-24(34)18-6-4-5-7-19(18)25(30)35/h8-9,12-13,16,18-19H,4-7,10-11H2,1-3H3,(H,27,32)(H,28,33). The minimum atomic E-state index is -0.529. The van der Waals surface area contributed by atoms with Crippen LogP contribution in [-0.4, -0.2) is 44.9 Å². The molecule has 4 amide bonds. The van der Waals surface area contributed by atoms with E-state index in [1.165, 1.54) is 4.90 Å². The molecule has 35 heavy (non-hydrogen) atoms. The fraction of sp³-hybridized carbons (Fsp3) is 0.480. The van der Waals surface area contributed by atoms with E-state index < -0.39 is 6.04 Å². The lowest BCUT2D eigenvalue weighted by atomic mass is 9.81. The molecule has 1 aliphatic carbocycles. The maximum absolute atomic E-state index is 12.7. The summed E-state index contributed by atoms with van der Waals surface area (Å²) >= 11 is 6.35. The SMILES string of the molecule is Cc1cc(C)n(C(C)C(=O)Nc2ccc(NC(=O)CCN3C(=O)C4CCCCC4C3=O)cc2Cl)n1. The lowest BCUT2D eigenvalue weighted by molar-refractivity contribution is -0.140. The first-order valence-electron chi connectivity index (χ1n) is 11.9. The van der Waals surface area contributed by atoms with Crippen molar-refractivity contribution in [3.05, 3.63) is 40.7 Å². The van der Waals surface area contributed by atoms with Crippen LogP contribution < -0.4 is 10.6 Å². The second-order valence-electron chi connectivity index (χ2n) is 9.36. The highest BCUT2D eigenvalue weighted by Gasteiger charge is 2.47. The molecule has 1 aromatic heterocycles. The molecule has 2 aromatic rings. The highest BCUT2D eigenvalue weighted by molar-refractivity contribution is 6.34. The number of fused-ring (bicyclic) bond motifs is 1. The molecule has 0 radical (unpaired) electrons. The summed E-state index contributed by atoms with van der Waals surface area (Å²) in [4.78, 5) is 51.5. The van der Waals surface area contributed by atoms with Crippen molar-refractivity contribution in [3.8, 4) is 0 Å². The normalized spacial score (nSPS) is 20.5. The van der Waals surface area contributed by atoms with Crippen molar-refractivity contribution < 1.29 is 19.2 Å². The first-order valence-corrected chi connectivity index (χ1v) is 12.3. The summed E-state index contributed by atoms with van der Waals surface area (Å²) in [6.07, 6.45) is 3.44. The topological polar surface area (TPSA) is 113 Å². The highest BCUT2D eigenvalue weighted by Crippen LogP contribution is 2.38. The van der Waals surface area contributed by atoms with Gasteiger partial charge in [0.1, 0.15) is 6.04 Å². The van der Waals surface area contributed by atoms with Gasteiger partial charge in [0, 0.05) is 24.3 Å². The summed E-state index contributed by atoms with van der Waals surface area (Å²) in [5.41, 5.74) is 2.58. The molecule has 1 saturated carbocycles. The second-order valence-corrected chi connectivity index (χ2v) is 9.76. The van der Waals surface area contributed by atoms with Crippen LogP contribution >= 0.6 is 11.6 Å². The van der Waals surface area contributed by atoms with Crippen molar-refractivity contribution in [3.63, 3.8) is 0 Å². The largest absolute Gasteiger partial charge is 0.326 e. The molecule has 2 N–H and O–H groups in total. The summed E-state index contributed by atoms with van der Waals surface area (Å²) in [5.74, 6) is -1.33. The van der Waals surface area contributed by atoms with Crippen molar-refractivity contribution in [1.29, 1.82) is 0 Å². The lowest BCUT2D eigenvalue weighted by Gasteiger charge is -2.19. The number of rotatable bonds is 7. The van der Waals surface area contributed by atoms with Gasteiger partial charge in [0.25, 0.3) is 0 Å². The van der Waals surface area contributed by atoms with Crippen molar-refractivity contribution >= 4 is 46.6 Å². The van der Waals surface area contributed by atoms with Gasteiger partial charge in [0.2, 0.25) is 23.6 Å². The van der Waals surface area contributed by atoms with E-state index in [1.807, 2.05) is 19.9 Å². The number of hydrogen-bond acceptors (Lipinski definition) is 5. The molecule has 2 aliphatic rings. The summed E-state index contributed by atoms with van der Waals surface area (Å²) in [7, 11) is 0. The van der Waals surface area contributed by atoms with E-state index in [4.69, 9.17) is 11.6 Å². The van der Waals surface area contributed by atoms with Gasteiger partial charge >= 0.3 is 0 Å². The van der Waals surface area contributed by atoms with Gasteiger partial charge in [-0.15, -0.1) is 0 Å². The fourth-order valence-corrected chi connectivity index (χ4v) is 5.20. The van der Waals surface area contributed by atoms with Crippen LogP contribution in [0, 0.1) is 25.7 Å². The van der Waals surface area contributed by atoms with Crippen LogP contribution in [0.2, 0.25) is 5.02 Å². The van der Waals surface area contributed by atoms with Crippen LogP contribution in [0.5, 0.6) is 0 Å². The second kappa shape index (κ2) is 10.2. The highest BCUT2D eigenvalue weighted by atomic mass is 35.5. The Labute approximate surface area is 209 Å². The van der Waals surface area contributed by atoms with Gasteiger partial charge in [0.05, 0.1) is 28.2 Å². The monoisotopic (exact) mass is 499 g/mol. The maximum atomic E-state index is 12.7. The number of amides is 4. The molecule has 1 saturated heterocycles. The van der Waals surface area contributed by atoms with E-state index in [0.717, 1.165) is 37.1 Å². The quantitative estimate of drug-likeness (QED) is 0.561. The van der Waals surface area contributed by atoms with Crippen LogP contribution in [0.1, 0.15) is 56.5 Å². The Morgan fingerprint density at radius 1 is 1.09 bits per heavy atom. The summed E-state index contributed by atoms with van der Waals surface area (Å²) in [6.45, 7) is 5.58. The van der Waals surface area contributed by atoms with Crippen LogP contribution in [-0.2, 0) is 19.2 Å². The van der Waals surface area contributed by atoms with Crippen LogP contribution in [0.3, 0.4) is 0 Å². The molecule has 9 nitrogen and oxygen atoms in total. The van der Waals surface area contributed by atoms with E-state index in [0.29, 0.717) is 11.4 Å². The molecule has 2 fully saturated rings. The molecule has 1 aliphatic heterocycles. The molecule has 4 rings (SSSR count). The number of halogens is 1. The van der Waals surface area contributed by atoms with Gasteiger partial charge in [-0.25, -0.2) is 0 Å². The number of hydrogen-bond donors (Lipinski definition) is 2. The maximum Gasteiger partial charge on any atom is 0.248 e. The van der Waals surface area contributed by atoms with Gasteiger partial charge in [-0.2, -0.15) is 5.10 Å². The van der Waals surface area contributed by atoms with Gasteiger partial charge in [-0.3, -0.25) is 28.8 Å². The van der Waals surface area contributed by atoms with Crippen molar-refractivity contribution in [2.24, 2.45) is 11.8 Å². The van der Waals surface area contributed by atoms with Gasteiger partial charge in [-0.1, -0.05) is 24.4 Å². The molecule has 0 spiro atoms. The number of carbonyl (C=O) groups is 4. The summed E-state index contributed by atoms with van der Waals surface area (Å²) in [6, 6.07) is 6.16. The lowest BCUT2D eigenvalue weighted by Crippen LogP contribution is -2.34. The molecular formula is C25H30ClN5O4. The fourth-order valence-electron chi connectivity index (χ4n) is 4.97. The number of benzene rings is 1. The Bertz CT molecular complexity index is 1150. The number of nitrogens with zero attached hydrogens (tertiary/aromatic N) is 3. The Kier molecular flexibility index (Phi) is 7.25. The number of aryl methyl sites for hydroxylation is 2. The van der Waals surface area contributed by atoms with Crippen molar-refractivity contribution in [1.82, 2.24) is 14.7 Å². The van der Waals surface area contributed by atoms with Crippen LogP contribution in [0.15, 0.2) is 24.3 Å². The zero-order chi connectivity index (χ0) is 25.3. The summed E-state index contributed by atoms with van der Waals surface area (Å²) in [5, 5.41) is 10.2. The number of nitrogens with one attached hydrogen (secondary N) is 2. The Morgan fingerprint density at radius 3 is 2.31 bits per heavy atom. The Hall–Kier alpha value is -3.20. The molecule has 2 heterocycles. The van der Waals surface area contributed by atoms with Crippen molar-refractivity contribution in [2.75, 3.05) is 17.2 Å². The minimum Gasteiger partial charge on any atom is -0.326 e. The number of likely N-dealkylation sites (tertiary alicyclic amines) is 1. The van der Waals surface area contributed by atoms with E-state index in [-0.39, 0.29) is 53.5 Å². The molecule has 10 heteroatoms. The zero-order valence-electron chi connectivity index (χ0n) is 20.1. The van der Waals surface area contributed by atoms with E-state index in [1.54, 1.807) is 29.8 Å². The minimum absolute atomic E-state index is 0.00712. The molecule has 186 valence electrons. The smallest absolute Gasteiger partial charge is 0.248 e. The van der Waals surface area contributed by atoms with Crippen LogP contribution in [0.25, 0.3) is 0 Å². The first-order chi connectivity index (χ1) is 16.7. The number of imide groups is 1. The zero-order valence-corrected chi connectivity index (χ0v) is 20.9. The molecule has 1 aromatic carbocycles. The third-order valence-corrected chi connectivity index (χ3v) is 7.11. The van der Waals surface area contributed by atoms with E-state index >= 15 is 0 Å². The number of aromatic nitrogens is 2. The molecule has 3 atom stereocenters. The first kappa shape index (κ1) is 24.9. The third kappa shape index (κ3) is 5.24. The van der Waals surface area contributed by atoms with Crippen molar-refractivity contribution in [2.45, 2.75) is 58.9 Å². The average molecular weight is 500 g/mol. The van der Waals surface area contributed by atoms with E-state index in [9.17, 15) is 19.2 Å². The molecular weight excluding hydrogens is 470 g/mol. The molecule has 3 unspecified atom stereocenters. The molecule has 0 bridgehead atoms. The number of carbonyl (C=O) groups excluding carboxylic acids is 4. The predicted octanol–water partition coefficient (Wildman–Crippen LogP) is 3.86. The average Bonchev–Trinajstić information content (AvgIpc) is 3.29. The van der Waals surface area contributed by atoms with E-state index in [2.05, 4.69) is 15.7 Å². The van der Waals surface area contributed by atoms with Gasteiger partial charge < -0.3 is 10.6 Å². The van der Waals surface area contributed by atoms with Gasteiger partial charge in [-0.05, 0) is 57.9 Å². The Balaban J connectivity index is 1.32. The Morgan fingerprint density at radius 2 is 1.74 bits per heavy atom.